The highest BCUT2D eigenvalue weighted by molar-refractivity contribution is 6.25. The van der Waals surface area contributed by atoms with Gasteiger partial charge >= 0.3 is 0 Å². The molecule has 17 heteroatoms. The molecule has 2 fully saturated rings. The van der Waals surface area contributed by atoms with Crippen LogP contribution in [0.25, 0.3) is 0 Å². The largest absolute Gasteiger partial charge is 0.457 e. The summed E-state index contributed by atoms with van der Waals surface area (Å²) in [6.07, 6.45) is 3.01. The Morgan fingerprint density at radius 1 is 0.897 bits per heavy atom. The summed E-state index contributed by atoms with van der Waals surface area (Å²) in [5, 5.41) is 17.7. The third-order valence-corrected chi connectivity index (χ3v) is 9.99. The van der Waals surface area contributed by atoms with Crippen molar-refractivity contribution in [3.05, 3.63) is 101 Å². The number of hydrogen-bond acceptors (Lipinski definition) is 14. The van der Waals surface area contributed by atoms with Crippen LogP contribution < -0.4 is 26.4 Å². The zero-order valence-electron chi connectivity index (χ0n) is 31.6. The number of nitrogens with one attached hydrogen (secondary N) is 4. The number of nitrogens with zero attached hydrogens (tertiary/aromatic N) is 4. The van der Waals surface area contributed by atoms with E-state index in [9.17, 15) is 24.0 Å². The van der Waals surface area contributed by atoms with Gasteiger partial charge in [0.2, 0.25) is 17.7 Å². The van der Waals surface area contributed by atoms with E-state index in [-0.39, 0.29) is 73.9 Å². The number of amides is 5. The number of para-hydroxylation sites is 1. The molecule has 4 heterocycles. The maximum atomic E-state index is 13.3. The van der Waals surface area contributed by atoms with Crippen LogP contribution in [0, 0.1) is 5.41 Å². The normalized spacial score (nSPS) is 17.8. The minimum Gasteiger partial charge on any atom is -0.457 e. The van der Waals surface area contributed by atoms with Gasteiger partial charge in [0.1, 0.15) is 42.1 Å². The van der Waals surface area contributed by atoms with Gasteiger partial charge in [-0.1, -0.05) is 24.3 Å². The first-order valence-corrected chi connectivity index (χ1v) is 19.0. The van der Waals surface area contributed by atoms with Crippen molar-refractivity contribution in [2.24, 2.45) is 0 Å². The van der Waals surface area contributed by atoms with E-state index in [4.69, 9.17) is 25.4 Å². The Balaban J connectivity index is 0.835. The van der Waals surface area contributed by atoms with E-state index < -0.39 is 29.7 Å². The summed E-state index contributed by atoms with van der Waals surface area (Å²) in [7, 11) is 0. The van der Waals surface area contributed by atoms with Crippen molar-refractivity contribution in [2.75, 3.05) is 62.4 Å². The SMILES string of the molecule is N=C(c1ccc(Oc2ccccc2)cc1)c1c(N)ncnc1NC1CCCN(C(=O)COCCOCCNc2cccc3c2C(=O)N(C2CCC(=O)NC2=O)C3=O)C1. The molecule has 6 N–H and O–H groups in total. The van der Waals surface area contributed by atoms with Crippen LogP contribution in [0.5, 0.6) is 11.5 Å². The Kier molecular flexibility index (Phi) is 12.3. The van der Waals surface area contributed by atoms with E-state index in [0.29, 0.717) is 53.8 Å². The number of nitrogen functional groups attached to an aromatic ring is 1. The van der Waals surface area contributed by atoms with E-state index in [1.807, 2.05) is 30.3 Å². The molecule has 17 nitrogen and oxygen atoms in total. The second-order valence-electron chi connectivity index (χ2n) is 13.9. The number of nitrogens with two attached hydrogens (primary N) is 1. The molecule has 1 aromatic heterocycles. The van der Waals surface area contributed by atoms with Gasteiger partial charge in [0.15, 0.2) is 0 Å². The Labute approximate surface area is 333 Å². The number of hydrogen-bond donors (Lipinski definition) is 5. The number of piperidine rings is 2. The Morgan fingerprint density at radius 2 is 1.67 bits per heavy atom. The van der Waals surface area contributed by atoms with Crippen LogP contribution in [-0.4, -0.2) is 113 Å². The van der Waals surface area contributed by atoms with Crippen LogP contribution in [0.3, 0.4) is 0 Å². The summed E-state index contributed by atoms with van der Waals surface area (Å²) in [5.74, 6) is -0.522. The molecule has 3 aliphatic heterocycles. The molecular weight excluding hydrogens is 747 g/mol. The topological polar surface area (TPSA) is 231 Å². The molecule has 0 bridgehead atoms. The van der Waals surface area contributed by atoms with Crippen molar-refractivity contribution >= 4 is 52.6 Å². The van der Waals surface area contributed by atoms with Gasteiger partial charge in [0.25, 0.3) is 11.8 Å². The van der Waals surface area contributed by atoms with Crippen molar-refractivity contribution in [3.63, 3.8) is 0 Å². The molecule has 2 atom stereocenters. The average molecular weight is 790 g/mol. The monoisotopic (exact) mass is 789 g/mol. The standard InChI is InChI=1S/C41H43N9O8/c42-36(25-11-13-28(14-12-25)58-27-7-2-1-3-8-27)35-37(43)45-24-46-38(35)47-26-6-5-18-49(22-26)33(52)23-57-21-20-56-19-17-44-30-10-4-9-29-34(30)41(55)50(40(29)54)31-15-16-32(51)48-39(31)53/h1-4,7-14,24,26,31,42,44H,5-6,15-23H2,(H,48,51,53)(H3,43,45,46,47). The third kappa shape index (κ3) is 8.95. The first kappa shape index (κ1) is 39.5. The molecule has 7 rings (SSSR count). The predicted octanol–water partition coefficient (Wildman–Crippen LogP) is 3.22. The predicted molar refractivity (Wildman–Crippen MR) is 212 cm³/mol. The van der Waals surface area contributed by atoms with Gasteiger partial charge in [0, 0.05) is 43.3 Å². The Hall–Kier alpha value is -6.72. The van der Waals surface area contributed by atoms with Gasteiger partial charge in [-0.3, -0.25) is 39.6 Å². The molecule has 0 aliphatic carbocycles. The maximum Gasteiger partial charge on any atom is 0.264 e. The first-order chi connectivity index (χ1) is 28.2. The quantitative estimate of drug-likeness (QED) is 0.0625. The lowest BCUT2D eigenvalue weighted by molar-refractivity contribution is -0.138. The Bertz CT molecular complexity index is 2200. The van der Waals surface area contributed by atoms with E-state index in [2.05, 4.69) is 25.9 Å². The number of fused-ring (bicyclic) bond motifs is 1. The van der Waals surface area contributed by atoms with E-state index in [1.165, 1.54) is 12.4 Å². The second-order valence-corrected chi connectivity index (χ2v) is 13.9. The lowest BCUT2D eigenvalue weighted by Gasteiger charge is -2.33. The van der Waals surface area contributed by atoms with Crippen LogP contribution in [-0.2, 0) is 23.9 Å². The second kappa shape index (κ2) is 18.0. The van der Waals surface area contributed by atoms with Crippen LogP contribution in [0.1, 0.15) is 57.5 Å². The fourth-order valence-corrected chi connectivity index (χ4v) is 7.12. The lowest BCUT2D eigenvalue weighted by atomic mass is 10.0. The van der Waals surface area contributed by atoms with E-state index in [0.717, 1.165) is 17.7 Å². The van der Waals surface area contributed by atoms with Crippen LogP contribution >= 0.6 is 0 Å². The summed E-state index contributed by atoms with van der Waals surface area (Å²) < 4.78 is 17.2. The number of aromatic nitrogens is 2. The van der Waals surface area contributed by atoms with Crippen LogP contribution in [0.2, 0.25) is 0 Å². The molecule has 0 radical (unpaired) electrons. The molecule has 4 aromatic rings. The van der Waals surface area contributed by atoms with Gasteiger partial charge in [-0.05, 0) is 67.8 Å². The van der Waals surface area contributed by atoms with E-state index >= 15 is 0 Å². The highest BCUT2D eigenvalue weighted by Gasteiger charge is 2.45. The Morgan fingerprint density at radius 3 is 2.47 bits per heavy atom. The van der Waals surface area contributed by atoms with Crippen LogP contribution in [0.15, 0.2) is 79.1 Å². The van der Waals surface area contributed by atoms with Crippen LogP contribution in [0.4, 0.5) is 17.3 Å². The number of carbonyl (C=O) groups excluding carboxylic acids is 5. The highest BCUT2D eigenvalue weighted by Crippen LogP contribution is 2.32. The average Bonchev–Trinajstić information content (AvgIpc) is 3.48. The highest BCUT2D eigenvalue weighted by atomic mass is 16.5. The molecule has 300 valence electrons. The van der Waals surface area contributed by atoms with Gasteiger partial charge in [0.05, 0.1) is 42.2 Å². The third-order valence-electron chi connectivity index (χ3n) is 9.99. The minimum absolute atomic E-state index is 0.0424. The van der Waals surface area contributed by atoms with Gasteiger partial charge in [-0.25, -0.2) is 9.97 Å². The van der Waals surface area contributed by atoms with Crippen molar-refractivity contribution in [1.82, 2.24) is 25.1 Å². The summed E-state index contributed by atoms with van der Waals surface area (Å²) in [4.78, 5) is 74.6. The molecular formula is C41H43N9O8. The maximum absolute atomic E-state index is 13.3. The molecule has 2 saturated heterocycles. The number of rotatable bonds is 16. The lowest BCUT2D eigenvalue weighted by Crippen LogP contribution is -2.54. The number of carbonyl (C=O) groups is 5. The molecule has 3 aliphatic rings. The number of imide groups is 2. The summed E-state index contributed by atoms with van der Waals surface area (Å²) >= 11 is 0. The smallest absolute Gasteiger partial charge is 0.264 e. The van der Waals surface area contributed by atoms with E-state index in [1.54, 1.807) is 41.3 Å². The van der Waals surface area contributed by atoms with Crippen molar-refractivity contribution in [1.29, 1.82) is 5.41 Å². The van der Waals surface area contributed by atoms with Crippen molar-refractivity contribution < 1.29 is 38.2 Å². The summed E-state index contributed by atoms with van der Waals surface area (Å²) in [5.41, 5.74) is 8.19. The number of anilines is 3. The number of benzene rings is 3. The number of likely N-dealkylation sites (tertiary alicyclic amines) is 1. The fourth-order valence-electron chi connectivity index (χ4n) is 7.12. The molecule has 2 unspecified atom stereocenters. The first-order valence-electron chi connectivity index (χ1n) is 19.0. The van der Waals surface area contributed by atoms with Gasteiger partial charge in [-0.2, -0.15) is 0 Å². The summed E-state index contributed by atoms with van der Waals surface area (Å²) in [6, 6.07) is 20.2. The fraction of sp³-hybridized carbons (Fsp3) is 0.317. The molecule has 58 heavy (non-hydrogen) atoms. The molecule has 0 spiro atoms. The summed E-state index contributed by atoms with van der Waals surface area (Å²) in [6.45, 7) is 1.84. The minimum atomic E-state index is -1.04. The zero-order valence-corrected chi connectivity index (χ0v) is 31.6. The van der Waals surface area contributed by atoms with Crippen molar-refractivity contribution in [3.8, 4) is 11.5 Å². The number of ether oxygens (including phenoxy) is 3. The molecule has 5 amide bonds. The van der Waals surface area contributed by atoms with Crippen molar-refractivity contribution in [2.45, 2.75) is 37.8 Å². The molecule has 0 saturated carbocycles. The van der Waals surface area contributed by atoms with Gasteiger partial charge in [-0.15, -0.1) is 0 Å². The molecule has 3 aromatic carbocycles. The zero-order chi connectivity index (χ0) is 40.6. The van der Waals surface area contributed by atoms with Gasteiger partial charge < -0.3 is 35.5 Å².